The van der Waals surface area contributed by atoms with Crippen LogP contribution < -0.4 is 0 Å². The van der Waals surface area contributed by atoms with Crippen LogP contribution in [-0.2, 0) is 16.1 Å². The maximum atomic E-state index is 13.3. The smallest absolute Gasteiger partial charge is 0.250 e. The number of halogens is 2. The number of hydrogen-bond acceptors (Lipinski definition) is 2. The van der Waals surface area contributed by atoms with Crippen molar-refractivity contribution < 1.29 is 14.0 Å². The van der Waals surface area contributed by atoms with Gasteiger partial charge >= 0.3 is 0 Å². The first-order chi connectivity index (χ1) is 12.4. The van der Waals surface area contributed by atoms with E-state index in [0.717, 1.165) is 5.56 Å². The van der Waals surface area contributed by atoms with Gasteiger partial charge in [-0.3, -0.25) is 9.59 Å². The molecule has 0 bridgehead atoms. The highest BCUT2D eigenvalue weighted by Gasteiger charge is 2.41. The lowest BCUT2D eigenvalue weighted by Gasteiger charge is -2.42. The van der Waals surface area contributed by atoms with E-state index in [2.05, 4.69) is 0 Å². The summed E-state index contributed by atoms with van der Waals surface area (Å²) in [5, 5.41) is 0.607. The molecule has 1 unspecified atom stereocenters. The molecule has 1 heterocycles. The average Bonchev–Trinajstić information content (AvgIpc) is 2.61. The number of amides is 2. The van der Waals surface area contributed by atoms with Crippen LogP contribution in [0.25, 0.3) is 0 Å². The second-order valence-corrected chi connectivity index (χ2v) is 7.10. The van der Waals surface area contributed by atoms with Crippen LogP contribution in [-0.4, -0.2) is 34.2 Å². The van der Waals surface area contributed by atoms with Crippen molar-refractivity contribution >= 4 is 23.4 Å². The molecule has 3 rings (SSSR count). The molecule has 136 valence electrons. The first kappa shape index (κ1) is 18.4. The van der Waals surface area contributed by atoms with E-state index in [9.17, 15) is 14.0 Å². The van der Waals surface area contributed by atoms with Crippen LogP contribution in [0.2, 0.25) is 5.02 Å². The fourth-order valence-corrected chi connectivity index (χ4v) is 3.25. The lowest BCUT2D eigenvalue weighted by atomic mass is 9.99. The van der Waals surface area contributed by atoms with E-state index in [0.29, 0.717) is 10.6 Å². The summed E-state index contributed by atoms with van der Waals surface area (Å²) in [4.78, 5) is 29.0. The van der Waals surface area contributed by atoms with Gasteiger partial charge in [0.15, 0.2) is 0 Å². The third kappa shape index (κ3) is 3.73. The Morgan fingerprint density at radius 2 is 1.69 bits per heavy atom. The predicted molar refractivity (Wildman–Crippen MR) is 98.0 cm³/mol. The summed E-state index contributed by atoms with van der Waals surface area (Å²) in [5.41, 5.74) is 1.48. The summed E-state index contributed by atoms with van der Waals surface area (Å²) in [5.74, 6) is -0.670. The maximum Gasteiger partial charge on any atom is 0.250 e. The molecule has 1 atom stereocenters. The van der Waals surface area contributed by atoms with Crippen molar-refractivity contribution in [2.24, 2.45) is 0 Å². The molecule has 4 nitrogen and oxygen atoms in total. The van der Waals surface area contributed by atoms with Crippen molar-refractivity contribution in [2.75, 3.05) is 6.54 Å². The fourth-order valence-electron chi connectivity index (χ4n) is 3.12. The summed E-state index contributed by atoms with van der Waals surface area (Å²) >= 11 is 5.92. The minimum Gasteiger partial charge on any atom is -0.329 e. The van der Waals surface area contributed by atoms with Crippen molar-refractivity contribution in [3.05, 3.63) is 70.5 Å². The van der Waals surface area contributed by atoms with Gasteiger partial charge in [-0.15, -0.1) is 0 Å². The van der Waals surface area contributed by atoms with Crippen molar-refractivity contribution in [1.82, 2.24) is 9.80 Å². The predicted octanol–water partition coefficient (Wildman–Crippen LogP) is 3.80. The second-order valence-electron chi connectivity index (χ2n) is 6.66. The zero-order valence-corrected chi connectivity index (χ0v) is 15.4. The highest BCUT2D eigenvalue weighted by atomic mass is 35.5. The van der Waals surface area contributed by atoms with Crippen LogP contribution in [0.15, 0.2) is 48.5 Å². The largest absolute Gasteiger partial charge is 0.329 e. The Kier molecular flexibility index (Phi) is 5.28. The first-order valence-electron chi connectivity index (χ1n) is 8.46. The highest BCUT2D eigenvalue weighted by Crippen LogP contribution is 2.30. The second kappa shape index (κ2) is 7.46. The molecule has 2 aromatic rings. The Morgan fingerprint density at radius 1 is 1.08 bits per heavy atom. The average molecular weight is 375 g/mol. The van der Waals surface area contributed by atoms with E-state index >= 15 is 0 Å². The van der Waals surface area contributed by atoms with Crippen molar-refractivity contribution in [1.29, 1.82) is 0 Å². The number of benzene rings is 2. The normalized spacial score (nSPS) is 18.0. The number of piperazine rings is 1. The van der Waals surface area contributed by atoms with E-state index in [1.807, 2.05) is 26.0 Å². The fraction of sp³-hybridized carbons (Fsp3) is 0.300. The van der Waals surface area contributed by atoms with Crippen LogP contribution in [0.4, 0.5) is 4.39 Å². The molecule has 1 saturated heterocycles. The summed E-state index contributed by atoms with van der Waals surface area (Å²) in [6.07, 6.45) is 0. The maximum absolute atomic E-state index is 13.3. The molecule has 2 amide bonds. The Labute approximate surface area is 157 Å². The third-order valence-electron chi connectivity index (χ3n) is 4.53. The van der Waals surface area contributed by atoms with Gasteiger partial charge in [-0.1, -0.05) is 35.9 Å². The summed E-state index contributed by atoms with van der Waals surface area (Å²) in [6, 6.07) is 12.0. The number of carbonyl (C=O) groups excluding carboxylic acids is 2. The third-order valence-corrected chi connectivity index (χ3v) is 4.78. The first-order valence-corrected chi connectivity index (χ1v) is 8.84. The summed E-state index contributed by atoms with van der Waals surface area (Å²) in [7, 11) is 0. The Hall–Kier alpha value is -2.40. The van der Waals surface area contributed by atoms with Crippen molar-refractivity contribution in [3.8, 4) is 0 Å². The van der Waals surface area contributed by atoms with E-state index in [-0.39, 0.29) is 36.8 Å². The van der Waals surface area contributed by atoms with Gasteiger partial charge in [-0.05, 0) is 49.2 Å². The number of carbonyl (C=O) groups is 2. The SMILES string of the molecule is CC(C)N1CC(=O)N(Cc2ccc(Cl)cc2)C(c2ccc(F)cc2)C1=O. The zero-order valence-electron chi connectivity index (χ0n) is 14.7. The van der Waals surface area contributed by atoms with Gasteiger partial charge < -0.3 is 9.80 Å². The molecule has 2 aromatic carbocycles. The van der Waals surface area contributed by atoms with E-state index in [1.165, 1.54) is 12.1 Å². The molecule has 0 radical (unpaired) electrons. The minimum atomic E-state index is -0.769. The van der Waals surface area contributed by atoms with Crippen LogP contribution in [0.1, 0.15) is 31.0 Å². The van der Waals surface area contributed by atoms with Gasteiger partial charge in [0.1, 0.15) is 18.4 Å². The molecule has 1 aliphatic rings. The molecule has 1 aliphatic heterocycles. The molecule has 1 fully saturated rings. The Bertz CT molecular complexity index is 806. The summed E-state index contributed by atoms with van der Waals surface area (Å²) in [6.45, 7) is 4.08. The van der Waals surface area contributed by atoms with Gasteiger partial charge in [0.25, 0.3) is 5.91 Å². The highest BCUT2D eigenvalue weighted by molar-refractivity contribution is 6.30. The van der Waals surface area contributed by atoms with Gasteiger partial charge in [-0.25, -0.2) is 4.39 Å². The minimum absolute atomic E-state index is 0.0434. The Balaban J connectivity index is 1.98. The lowest BCUT2D eigenvalue weighted by molar-refractivity contribution is -0.158. The van der Waals surface area contributed by atoms with Crippen LogP contribution >= 0.6 is 11.6 Å². The van der Waals surface area contributed by atoms with Crippen molar-refractivity contribution in [3.63, 3.8) is 0 Å². The van der Waals surface area contributed by atoms with Crippen LogP contribution in [0, 0.1) is 5.82 Å². The molecule has 0 N–H and O–H groups in total. The molecule has 6 heteroatoms. The number of nitrogens with zero attached hydrogens (tertiary/aromatic N) is 2. The van der Waals surface area contributed by atoms with Crippen LogP contribution in [0.5, 0.6) is 0 Å². The van der Waals surface area contributed by atoms with Gasteiger partial charge in [0.05, 0.1) is 0 Å². The van der Waals surface area contributed by atoms with E-state index in [1.54, 1.807) is 34.1 Å². The molecular formula is C20H20ClFN2O2. The monoisotopic (exact) mass is 374 g/mol. The number of rotatable bonds is 4. The molecule has 26 heavy (non-hydrogen) atoms. The molecule has 0 saturated carbocycles. The molecule has 0 aliphatic carbocycles. The topological polar surface area (TPSA) is 40.6 Å². The van der Waals surface area contributed by atoms with Gasteiger partial charge in [-0.2, -0.15) is 0 Å². The number of hydrogen-bond donors (Lipinski definition) is 0. The lowest BCUT2D eigenvalue weighted by Crippen LogP contribution is -2.56. The van der Waals surface area contributed by atoms with Crippen molar-refractivity contribution in [2.45, 2.75) is 32.5 Å². The van der Waals surface area contributed by atoms with E-state index in [4.69, 9.17) is 11.6 Å². The summed E-state index contributed by atoms with van der Waals surface area (Å²) < 4.78 is 13.3. The van der Waals surface area contributed by atoms with Gasteiger partial charge in [0, 0.05) is 17.6 Å². The quantitative estimate of drug-likeness (QED) is 0.816. The zero-order chi connectivity index (χ0) is 18.8. The molecule has 0 spiro atoms. The Morgan fingerprint density at radius 3 is 2.27 bits per heavy atom. The van der Waals surface area contributed by atoms with Crippen LogP contribution in [0.3, 0.4) is 0 Å². The molecular weight excluding hydrogens is 355 g/mol. The van der Waals surface area contributed by atoms with Gasteiger partial charge in [0.2, 0.25) is 5.91 Å². The standard InChI is InChI=1S/C20H20ClFN2O2/c1-13(2)23-12-18(25)24(11-14-3-7-16(21)8-4-14)19(20(23)26)15-5-9-17(22)10-6-15/h3-10,13,19H,11-12H2,1-2H3. The van der Waals surface area contributed by atoms with E-state index < -0.39 is 6.04 Å². The molecule has 0 aromatic heterocycles.